The van der Waals surface area contributed by atoms with Crippen LogP contribution < -0.4 is 10.6 Å². The van der Waals surface area contributed by atoms with Crippen molar-refractivity contribution in [3.63, 3.8) is 0 Å². The third-order valence-corrected chi connectivity index (χ3v) is 5.60. The normalized spacial score (nSPS) is 27.6. The molecule has 6 nitrogen and oxygen atoms in total. The lowest BCUT2D eigenvalue weighted by Gasteiger charge is -2.37. The second-order valence-corrected chi connectivity index (χ2v) is 7.33. The first kappa shape index (κ1) is 17.5. The average molecular weight is 337 g/mol. The molecule has 0 bridgehead atoms. The molecule has 6 heteroatoms. The Morgan fingerprint density at radius 1 is 1.04 bits per heavy atom. The molecule has 3 aliphatic rings. The Kier molecular flexibility index (Phi) is 6.35. The Balaban J connectivity index is 1.31. The summed E-state index contributed by atoms with van der Waals surface area (Å²) in [6.45, 7) is 1.94. The van der Waals surface area contributed by atoms with Crippen LogP contribution in [0.25, 0.3) is 0 Å². The van der Waals surface area contributed by atoms with E-state index < -0.39 is 0 Å². The van der Waals surface area contributed by atoms with Gasteiger partial charge in [0.05, 0.1) is 18.8 Å². The van der Waals surface area contributed by atoms with Crippen molar-refractivity contribution < 1.29 is 14.3 Å². The molecule has 1 saturated heterocycles. The smallest absolute Gasteiger partial charge is 0.315 e. The molecule has 2 aliphatic carbocycles. The first-order valence-corrected chi connectivity index (χ1v) is 9.69. The van der Waals surface area contributed by atoms with Gasteiger partial charge in [-0.25, -0.2) is 4.79 Å². The highest BCUT2D eigenvalue weighted by Crippen LogP contribution is 2.30. The van der Waals surface area contributed by atoms with E-state index in [0.717, 1.165) is 38.6 Å². The summed E-state index contributed by atoms with van der Waals surface area (Å²) in [6.07, 6.45) is 10.6. The second kappa shape index (κ2) is 8.70. The van der Waals surface area contributed by atoms with Gasteiger partial charge in [0.2, 0.25) is 5.91 Å². The van der Waals surface area contributed by atoms with Gasteiger partial charge in [-0.15, -0.1) is 0 Å². The number of carbonyl (C=O) groups excluding carboxylic acids is 2. The number of carbonyl (C=O) groups is 2. The van der Waals surface area contributed by atoms with Crippen molar-refractivity contribution >= 4 is 11.9 Å². The number of morpholine rings is 1. The summed E-state index contributed by atoms with van der Waals surface area (Å²) in [6, 6.07) is 0.526. The molecule has 2 N–H and O–H groups in total. The molecule has 136 valence electrons. The number of hydrogen-bond acceptors (Lipinski definition) is 3. The van der Waals surface area contributed by atoms with Crippen molar-refractivity contribution in [3.05, 3.63) is 0 Å². The van der Waals surface area contributed by atoms with Gasteiger partial charge >= 0.3 is 6.03 Å². The van der Waals surface area contributed by atoms with Crippen molar-refractivity contribution in [1.29, 1.82) is 0 Å². The maximum atomic E-state index is 12.4. The van der Waals surface area contributed by atoms with Gasteiger partial charge in [0.25, 0.3) is 0 Å². The molecule has 2 atom stereocenters. The Labute approximate surface area is 144 Å². The molecular formula is C18H31N3O3. The van der Waals surface area contributed by atoms with E-state index in [9.17, 15) is 9.59 Å². The number of nitrogens with zero attached hydrogens (tertiary/aromatic N) is 1. The SMILES string of the molecule is O=C(NCCCC(=O)N1CCOC2CCCC21)NC1CCCCC1. The number of fused-ring (bicyclic) bond motifs is 1. The molecule has 3 fully saturated rings. The third-order valence-electron chi connectivity index (χ3n) is 5.60. The van der Waals surface area contributed by atoms with Gasteiger partial charge < -0.3 is 20.3 Å². The van der Waals surface area contributed by atoms with Crippen molar-refractivity contribution in [2.24, 2.45) is 0 Å². The molecule has 2 saturated carbocycles. The lowest BCUT2D eigenvalue weighted by molar-refractivity contribution is -0.144. The molecule has 0 aromatic carbocycles. The van der Waals surface area contributed by atoms with Crippen molar-refractivity contribution in [1.82, 2.24) is 15.5 Å². The molecule has 0 spiro atoms. The molecule has 3 rings (SSSR count). The molecular weight excluding hydrogens is 306 g/mol. The van der Waals surface area contributed by atoms with Gasteiger partial charge in [-0.1, -0.05) is 19.3 Å². The fourth-order valence-corrected chi connectivity index (χ4v) is 4.30. The van der Waals surface area contributed by atoms with Crippen LogP contribution in [0.15, 0.2) is 0 Å². The monoisotopic (exact) mass is 337 g/mol. The largest absolute Gasteiger partial charge is 0.374 e. The van der Waals surface area contributed by atoms with Gasteiger partial charge in [-0.2, -0.15) is 0 Å². The summed E-state index contributed by atoms with van der Waals surface area (Å²) in [4.78, 5) is 26.3. The maximum absolute atomic E-state index is 12.4. The summed E-state index contributed by atoms with van der Waals surface area (Å²) in [5.41, 5.74) is 0. The second-order valence-electron chi connectivity index (χ2n) is 7.33. The van der Waals surface area contributed by atoms with Gasteiger partial charge in [0.15, 0.2) is 0 Å². The van der Waals surface area contributed by atoms with E-state index in [1.54, 1.807) is 0 Å². The third kappa shape index (κ3) is 4.62. The van der Waals surface area contributed by atoms with Crippen LogP contribution in [0.2, 0.25) is 0 Å². The molecule has 1 aliphatic heterocycles. The Bertz CT molecular complexity index is 437. The summed E-state index contributed by atoms with van der Waals surface area (Å²) in [7, 11) is 0. The minimum atomic E-state index is -0.0865. The topological polar surface area (TPSA) is 70.7 Å². The first-order chi connectivity index (χ1) is 11.7. The van der Waals surface area contributed by atoms with E-state index >= 15 is 0 Å². The number of nitrogens with one attached hydrogen (secondary N) is 2. The highest BCUT2D eigenvalue weighted by atomic mass is 16.5. The molecule has 1 heterocycles. The zero-order valence-electron chi connectivity index (χ0n) is 14.6. The van der Waals surface area contributed by atoms with Gasteiger partial charge in [-0.05, 0) is 38.5 Å². The fourth-order valence-electron chi connectivity index (χ4n) is 4.30. The van der Waals surface area contributed by atoms with E-state index in [-0.39, 0.29) is 24.1 Å². The maximum Gasteiger partial charge on any atom is 0.315 e. The Morgan fingerprint density at radius 3 is 2.71 bits per heavy atom. The summed E-state index contributed by atoms with van der Waals surface area (Å²) < 4.78 is 5.75. The average Bonchev–Trinajstić information content (AvgIpc) is 3.08. The lowest BCUT2D eigenvalue weighted by atomic mass is 9.96. The molecule has 0 radical (unpaired) electrons. The van der Waals surface area contributed by atoms with Gasteiger partial charge in [-0.3, -0.25) is 4.79 Å². The van der Waals surface area contributed by atoms with Gasteiger partial charge in [0.1, 0.15) is 0 Å². The minimum absolute atomic E-state index is 0.0865. The van der Waals surface area contributed by atoms with Crippen LogP contribution in [-0.4, -0.2) is 54.7 Å². The van der Waals surface area contributed by atoms with Gasteiger partial charge in [0, 0.05) is 25.6 Å². The molecule has 0 aromatic heterocycles. The van der Waals surface area contributed by atoms with Crippen molar-refractivity contribution in [3.8, 4) is 0 Å². The lowest BCUT2D eigenvalue weighted by Crippen LogP contribution is -2.51. The minimum Gasteiger partial charge on any atom is -0.374 e. The summed E-state index contributed by atoms with van der Waals surface area (Å²) in [5.74, 6) is 0.213. The highest BCUT2D eigenvalue weighted by molar-refractivity contribution is 5.77. The summed E-state index contributed by atoms with van der Waals surface area (Å²) in [5, 5.41) is 5.93. The van der Waals surface area contributed by atoms with E-state index in [0.29, 0.717) is 32.0 Å². The Hall–Kier alpha value is -1.30. The van der Waals surface area contributed by atoms with E-state index in [4.69, 9.17) is 4.74 Å². The number of hydrogen-bond donors (Lipinski definition) is 2. The van der Waals surface area contributed by atoms with Crippen LogP contribution in [0.5, 0.6) is 0 Å². The van der Waals surface area contributed by atoms with E-state index in [1.807, 2.05) is 4.90 Å². The molecule has 2 unspecified atom stereocenters. The standard InChI is InChI=1S/C18H31N3O3/c22-17(21-12-13-24-16-9-4-8-15(16)21)10-5-11-19-18(23)20-14-6-2-1-3-7-14/h14-16H,1-13H2,(H2,19,20,23). The first-order valence-electron chi connectivity index (χ1n) is 9.69. The zero-order chi connectivity index (χ0) is 16.8. The summed E-state index contributed by atoms with van der Waals surface area (Å²) >= 11 is 0. The van der Waals surface area contributed by atoms with Crippen LogP contribution in [0.1, 0.15) is 64.2 Å². The Morgan fingerprint density at radius 2 is 1.88 bits per heavy atom. The van der Waals surface area contributed by atoms with Crippen molar-refractivity contribution in [2.45, 2.75) is 82.4 Å². The number of amides is 3. The van der Waals surface area contributed by atoms with Crippen LogP contribution in [0.4, 0.5) is 4.79 Å². The number of rotatable bonds is 5. The fraction of sp³-hybridized carbons (Fsp3) is 0.889. The zero-order valence-corrected chi connectivity index (χ0v) is 14.6. The van der Waals surface area contributed by atoms with Crippen LogP contribution in [0, 0.1) is 0 Å². The highest BCUT2D eigenvalue weighted by Gasteiger charge is 2.37. The molecule has 3 amide bonds. The van der Waals surface area contributed by atoms with E-state index in [1.165, 1.54) is 19.3 Å². The van der Waals surface area contributed by atoms with Crippen LogP contribution in [-0.2, 0) is 9.53 Å². The molecule has 0 aromatic rings. The number of ether oxygens (including phenoxy) is 1. The van der Waals surface area contributed by atoms with Crippen LogP contribution in [0.3, 0.4) is 0 Å². The van der Waals surface area contributed by atoms with Crippen molar-refractivity contribution in [2.75, 3.05) is 19.7 Å². The number of urea groups is 1. The molecule has 24 heavy (non-hydrogen) atoms. The predicted molar refractivity (Wildman–Crippen MR) is 91.7 cm³/mol. The predicted octanol–water partition coefficient (Wildman–Crippen LogP) is 2.18. The van der Waals surface area contributed by atoms with E-state index in [2.05, 4.69) is 10.6 Å². The quantitative estimate of drug-likeness (QED) is 0.756. The van der Waals surface area contributed by atoms with Crippen LogP contribution >= 0.6 is 0 Å².